The maximum absolute atomic E-state index is 13.0. The fourth-order valence-electron chi connectivity index (χ4n) is 4.68. The first-order chi connectivity index (χ1) is 15.5. The molecule has 2 aliphatic rings. The molecule has 2 amide bonds. The van der Waals surface area contributed by atoms with E-state index < -0.39 is 0 Å². The Morgan fingerprint density at radius 2 is 1.78 bits per heavy atom. The molecule has 4 rings (SSSR count). The number of nitrogens with zero attached hydrogens (tertiary/aromatic N) is 2. The molecule has 1 N–H and O–H groups in total. The number of nitrogens with one attached hydrogen (secondary N) is 1. The van der Waals surface area contributed by atoms with Gasteiger partial charge >= 0.3 is 6.03 Å². The molecule has 1 saturated carbocycles. The SMILES string of the molecule is CC(C)Oc1ccc(NC(=O)N2CC(CC3CCCCC3)C(c3ccc(Cl)cc3)=N2)cc1. The topological polar surface area (TPSA) is 53.9 Å². The van der Waals surface area contributed by atoms with Gasteiger partial charge in [-0.15, -0.1) is 0 Å². The normalized spacial score (nSPS) is 19.2. The van der Waals surface area contributed by atoms with E-state index in [9.17, 15) is 4.79 Å². The highest BCUT2D eigenvalue weighted by Crippen LogP contribution is 2.33. The lowest BCUT2D eigenvalue weighted by atomic mass is 9.80. The van der Waals surface area contributed by atoms with E-state index in [1.54, 1.807) is 5.01 Å². The third-order valence-electron chi connectivity index (χ3n) is 6.20. The smallest absolute Gasteiger partial charge is 0.342 e. The highest BCUT2D eigenvalue weighted by Gasteiger charge is 2.33. The van der Waals surface area contributed by atoms with Crippen molar-refractivity contribution in [1.29, 1.82) is 0 Å². The summed E-state index contributed by atoms with van der Waals surface area (Å²) in [6.07, 6.45) is 7.71. The Kier molecular flexibility index (Phi) is 7.36. The van der Waals surface area contributed by atoms with Crippen molar-refractivity contribution in [2.75, 3.05) is 11.9 Å². The quantitative estimate of drug-likeness (QED) is 0.513. The highest BCUT2D eigenvalue weighted by atomic mass is 35.5. The molecule has 1 heterocycles. The van der Waals surface area contributed by atoms with Crippen molar-refractivity contribution in [2.24, 2.45) is 16.9 Å². The number of carbonyl (C=O) groups is 1. The second-order valence-electron chi connectivity index (χ2n) is 9.13. The van der Waals surface area contributed by atoms with E-state index in [4.69, 9.17) is 21.4 Å². The van der Waals surface area contributed by atoms with Gasteiger partial charge in [0, 0.05) is 16.6 Å². The van der Waals surface area contributed by atoms with Crippen LogP contribution in [0.25, 0.3) is 0 Å². The standard InChI is InChI=1S/C26H32ClN3O2/c1-18(2)32-24-14-12-23(13-15-24)28-26(31)30-17-21(16-19-6-4-3-5-7-19)25(29-30)20-8-10-22(27)11-9-20/h8-15,18-19,21H,3-7,16-17H2,1-2H3,(H,28,31). The summed E-state index contributed by atoms with van der Waals surface area (Å²) in [4.78, 5) is 13.0. The molecule has 1 aliphatic heterocycles. The second kappa shape index (κ2) is 10.4. The van der Waals surface area contributed by atoms with Crippen LogP contribution in [0.3, 0.4) is 0 Å². The van der Waals surface area contributed by atoms with Crippen molar-refractivity contribution >= 4 is 29.0 Å². The molecule has 0 aromatic heterocycles. The number of rotatable bonds is 6. The van der Waals surface area contributed by atoms with Gasteiger partial charge in [-0.3, -0.25) is 0 Å². The number of urea groups is 1. The average molecular weight is 454 g/mol. The third kappa shape index (κ3) is 5.83. The molecule has 0 saturated heterocycles. The zero-order valence-corrected chi connectivity index (χ0v) is 19.6. The van der Waals surface area contributed by atoms with Gasteiger partial charge in [-0.2, -0.15) is 5.10 Å². The zero-order chi connectivity index (χ0) is 22.5. The van der Waals surface area contributed by atoms with Crippen LogP contribution in [0.4, 0.5) is 10.5 Å². The van der Waals surface area contributed by atoms with Crippen LogP contribution in [0.2, 0.25) is 5.02 Å². The average Bonchev–Trinajstić information content (AvgIpc) is 3.20. The van der Waals surface area contributed by atoms with Gasteiger partial charge in [0.2, 0.25) is 0 Å². The summed E-state index contributed by atoms with van der Waals surface area (Å²) in [5, 5.41) is 10.0. The summed E-state index contributed by atoms with van der Waals surface area (Å²) in [7, 11) is 0. The number of carbonyl (C=O) groups excluding carboxylic acids is 1. The summed E-state index contributed by atoms with van der Waals surface area (Å²) < 4.78 is 5.68. The van der Waals surface area contributed by atoms with Crippen LogP contribution >= 0.6 is 11.6 Å². The molecule has 1 atom stereocenters. The summed E-state index contributed by atoms with van der Waals surface area (Å²) in [5.41, 5.74) is 2.76. The molecular weight excluding hydrogens is 422 g/mol. The maximum Gasteiger partial charge on any atom is 0.342 e. The van der Waals surface area contributed by atoms with E-state index in [0.717, 1.165) is 29.1 Å². The largest absolute Gasteiger partial charge is 0.491 e. The molecule has 1 fully saturated rings. The number of hydrogen-bond acceptors (Lipinski definition) is 3. The Morgan fingerprint density at radius 1 is 1.09 bits per heavy atom. The van der Waals surface area contributed by atoms with Gasteiger partial charge in [-0.25, -0.2) is 9.80 Å². The first kappa shape index (κ1) is 22.7. The first-order valence-electron chi connectivity index (χ1n) is 11.7. The van der Waals surface area contributed by atoms with Crippen molar-refractivity contribution < 1.29 is 9.53 Å². The second-order valence-corrected chi connectivity index (χ2v) is 9.57. The van der Waals surface area contributed by atoms with Crippen LogP contribution in [0.5, 0.6) is 5.75 Å². The Balaban J connectivity index is 1.47. The highest BCUT2D eigenvalue weighted by molar-refractivity contribution is 6.30. The van der Waals surface area contributed by atoms with Crippen LogP contribution in [0.1, 0.15) is 57.9 Å². The fourth-order valence-corrected chi connectivity index (χ4v) is 4.80. The van der Waals surface area contributed by atoms with Crippen molar-refractivity contribution in [3.05, 3.63) is 59.1 Å². The number of ether oxygens (including phenoxy) is 1. The minimum absolute atomic E-state index is 0.113. The van der Waals surface area contributed by atoms with E-state index in [1.807, 2.05) is 62.4 Å². The van der Waals surface area contributed by atoms with Gasteiger partial charge in [-0.1, -0.05) is 55.8 Å². The van der Waals surface area contributed by atoms with Crippen LogP contribution in [0, 0.1) is 11.8 Å². The number of hydrazone groups is 1. The van der Waals surface area contributed by atoms with Crippen LogP contribution in [-0.2, 0) is 0 Å². The van der Waals surface area contributed by atoms with Crippen molar-refractivity contribution in [3.8, 4) is 5.75 Å². The van der Waals surface area contributed by atoms with Gasteiger partial charge in [-0.05, 0) is 68.1 Å². The molecule has 2 aromatic carbocycles. The lowest BCUT2D eigenvalue weighted by molar-refractivity contribution is 0.212. The Hall–Kier alpha value is -2.53. The predicted octanol–water partition coefficient (Wildman–Crippen LogP) is 6.97. The van der Waals surface area contributed by atoms with E-state index in [2.05, 4.69) is 5.32 Å². The molecule has 5 nitrogen and oxygen atoms in total. The lowest BCUT2D eigenvalue weighted by Crippen LogP contribution is -2.31. The molecule has 32 heavy (non-hydrogen) atoms. The monoisotopic (exact) mass is 453 g/mol. The molecular formula is C26H32ClN3O2. The summed E-state index contributed by atoms with van der Waals surface area (Å²) in [5.74, 6) is 1.74. The van der Waals surface area contributed by atoms with Crippen molar-refractivity contribution in [1.82, 2.24) is 5.01 Å². The van der Waals surface area contributed by atoms with E-state index in [1.165, 1.54) is 32.1 Å². The van der Waals surface area contributed by atoms with Crippen molar-refractivity contribution in [3.63, 3.8) is 0 Å². The molecule has 2 aromatic rings. The van der Waals surface area contributed by atoms with Gasteiger partial charge < -0.3 is 10.1 Å². The summed E-state index contributed by atoms with van der Waals surface area (Å²) in [6.45, 7) is 4.58. The molecule has 1 aliphatic carbocycles. The number of amides is 2. The first-order valence-corrected chi connectivity index (χ1v) is 12.1. The Bertz CT molecular complexity index is 935. The van der Waals surface area contributed by atoms with Gasteiger partial charge in [0.1, 0.15) is 5.75 Å². The summed E-state index contributed by atoms with van der Waals surface area (Å²) >= 11 is 6.10. The van der Waals surface area contributed by atoms with Crippen LogP contribution < -0.4 is 10.1 Å². The third-order valence-corrected chi connectivity index (χ3v) is 6.45. The van der Waals surface area contributed by atoms with E-state index in [-0.39, 0.29) is 18.1 Å². The Morgan fingerprint density at radius 3 is 2.44 bits per heavy atom. The van der Waals surface area contributed by atoms with Gasteiger partial charge in [0.15, 0.2) is 0 Å². The van der Waals surface area contributed by atoms with Gasteiger partial charge in [0.25, 0.3) is 0 Å². The molecule has 0 bridgehead atoms. The maximum atomic E-state index is 13.0. The van der Waals surface area contributed by atoms with E-state index in [0.29, 0.717) is 17.5 Å². The summed E-state index contributed by atoms with van der Waals surface area (Å²) in [6, 6.07) is 15.0. The number of benzene rings is 2. The van der Waals surface area contributed by atoms with Crippen LogP contribution in [-0.4, -0.2) is 29.4 Å². The molecule has 0 radical (unpaired) electrons. The van der Waals surface area contributed by atoms with E-state index >= 15 is 0 Å². The minimum atomic E-state index is -0.208. The van der Waals surface area contributed by atoms with Crippen LogP contribution in [0.15, 0.2) is 53.6 Å². The zero-order valence-electron chi connectivity index (χ0n) is 18.9. The van der Waals surface area contributed by atoms with Gasteiger partial charge in [0.05, 0.1) is 18.4 Å². The minimum Gasteiger partial charge on any atom is -0.491 e. The molecule has 0 spiro atoms. The fraction of sp³-hybridized carbons (Fsp3) is 0.462. The number of halogens is 1. The molecule has 6 heteroatoms. The number of anilines is 1. The number of hydrogen-bond donors (Lipinski definition) is 1. The van der Waals surface area contributed by atoms with Crippen molar-refractivity contribution in [2.45, 2.75) is 58.5 Å². The lowest BCUT2D eigenvalue weighted by Gasteiger charge is -2.25. The Labute approximate surface area is 195 Å². The molecule has 170 valence electrons. The molecule has 1 unspecified atom stereocenters. The predicted molar refractivity (Wildman–Crippen MR) is 131 cm³/mol.